The van der Waals surface area contributed by atoms with Crippen LogP contribution in [-0.2, 0) is 22.7 Å². The normalized spacial score (nSPS) is 17.9. The molecule has 8 aromatic rings. The maximum absolute atomic E-state index is 5.56. The van der Waals surface area contributed by atoms with Crippen molar-refractivity contribution in [3.8, 4) is 17.1 Å². The summed E-state index contributed by atoms with van der Waals surface area (Å²) < 4.78 is 2.37. The molecular formula is C55H51N5S. The number of para-hydroxylation sites is 2. The largest absolute Gasteiger partial charge is 0.310 e. The van der Waals surface area contributed by atoms with Crippen molar-refractivity contribution in [2.75, 3.05) is 4.90 Å². The van der Waals surface area contributed by atoms with Gasteiger partial charge in [0.15, 0.2) is 0 Å². The maximum Gasteiger partial charge on any atom is 0.137 e. The van der Waals surface area contributed by atoms with E-state index in [1.54, 1.807) is 0 Å². The van der Waals surface area contributed by atoms with Crippen LogP contribution in [0.15, 0.2) is 145 Å². The Morgan fingerprint density at radius 2 is 1.43 bits per heavy atom. The van der Waals surface area contributed by atoms with Crippen molar-refractivity contribution in [3.05, 3.63) is 179 Å². The van der Waals surface area contributed by atoms with Crippen molar-refractivity contribution in [2.24, 2.45) is 4.99 Å². The van der Waals surface area contributed by atoms with E-state index < -0.39 is 0 Å². The summed E-state index contributed by atoms with van der Waals surface area (Å²) in [7, 11) is 0. The molecule has 2 atom stereocenters. The molecule has 0 spiro atoms. The van der Waals surface area contributed by atoms with E-state index in [4.69, 9.17) is 15.0 Å². The minimum atomic E-state index is -0.270. The zero-order chi connectivity index (χ0) is 42.0. The maximum atomic E-state index is 5.56. The van der Waals surface area contributed by atoms with E-state index in [9.17, 15) is 0 Å². The lowest BCUT2D eigenvalue weighted by molar-refractivity contribution is 0.581. The number of thioether (sulfide) groups is 1. The molecule has 0 amide bonds. The van der Waals surface area contributed by atoms with Gasteiger partial charge < -0.3 is 4.90 Å². The van der Waals surface area contributed by atoms with Gasteiger partial charge in [-0.2, -0.15) is 0 Å². The highest BCUT2D eigenvalue weighted by molar-refractivity contribution is 8.15. The SMILES string of the molecule is CC(C)(C)c1ccnc(-n2c3ccccc3c3cc4c(cc32)N(c2cc(C3=N[C@@H]5Cc6c(cccc6C(C)(C)C)[C@@H]5S3)cc(-c3ccccn3)c2)c2ccccc2C4(C)C)c1. The molecule has 302 valence electrons. The van der Waals surface area contributed by atoms with Crippen LogP contribution in [-0.4, -0.2) is 25.6 Å². The van der Waals surface area contributed by atoms with Crippen LogP contribution >= 0.6 is 11.8 Å². The highest BCUT2D eigenvalue weighted by atomic mass is 32.2. The van der Waals surface area contributed by atoms with Gasteiger partial charge in [0.05, 0.1) is 44.4 Å². The summed E-state index contributed by atoms with van der Waals surface area (Å²) in [6.07, 6.45) is 4.84. The Bertz CT molecular complexity index is 3110. The number of rotatable bonds is 4. The second-order valence-electron chi connectivity index (χ2n) is 19.7. The van der Waals surface area contributed by atoms with Crippen molar-refractivity contribution in [3.63, 3.8) is 0 Å². The lowest BCUT2D eigenvalue weighted by atomic mass is 9.73. The van der Waals surface area contributed by atoms with Gasteiger partial charge in [-0.1, -0.05) is 128 Å². The number of aliphatic imine (C=N–C) groups is 1. The molecule has 5 aromatic carbocycles. The first-order valence-electron chi connectivity index (χ1n) is 21.6. The van der Waals surface area contributed by atoms with Crippen LogP contribution in [0.5, 0.6) is 0 Å². The fraction of sp³-hybridized carbons (Fsp3) is 0.255. The van der Waals surface area contributed by atoms with Crippen molar-refractivity contribution < 1.29 is 0 Å². The zero-order valence-corrected chi connectivity index (χ0v) is 37.1. The Balaban J connectivity index is 1.13. The number of aromatic nitrogens is 3. The topological polar surface area (TPSA) is 46.3 Å². The number of benzene rings is 5. The Hall–Kier alpha value is -5.98. The van der Waals surface area contributed by atoms with Gasteiger partial charge in [0.1, 0.15) is 5.82 Å². The van der Waals surface area contributed by atoms with Crippen LogP contribution in [0.1, 0.15) is 99.6 Å². The van der Waals surface area contributed by atoms with E-state index in [2.05, 4.69) is 186 Å². The smallest absolute Gasteiger partial charge is 0.137 e. The van der Waals surface area contributed by atoms with Crippen LogP contribution in [0.4, 0.5) is 17.1 Å². The molecule has 0 fully saturated rings. The van der Waals surface area contributed by atoms with E-state index >= 15 is 0 Å². The van der Waals surface area contributed by atoms with Crippen molar-refractivity contribution in [1.82, 2.24) is 14.5 Å². The van der Waals surface area contributed by atoms with Gasteiger partial charge in [0, 0.05) is 45.4 Å². The summed E-state index contributed by atoms with van der Waals surface area (Å²) in [5.74, 6) is 0.929. The first-order chi connectivity index (χ1) is 29.3. The first-order valence-corrected chi connectivity index (χ1v) is 22.5. The van der Waals surface area contributed by atoms with E-state index in [0.29, 0.717) is 5.25 Å². The van der Waals surface area contributed by atoms with Gasteiger partial charge in [0.25, 0.3) is 0 Å². The Morgan fingerprint density at radius 1 is 0.639 bits per heavy atom. The summed E-state index contributed by atoms with van der Waals surface area (Å²) in [5, 5.41) is 3.87. The predicted octanol–water partition coefficient (Wildman–Crippen LogP) is 14.1. The molecule has 0 radical (unpaired) electrons. The Labute approximate surface area is 363 Å². The second-order valence-corrected chi connectivity index (χ2v) is 20.9. The third-order valence-corrected chi connectivity index (χ3v) is 14.7. The standard InChI is InChI=1S/C55H51N5S/c1-53(2,3)35-23-25-57-50(29-35)60-46-21-11-9-16-37(46)40-30-43-49(32-48(40)60)59(47-22-12-10-18-42(47)55(43,7)8)36-27-33(44-20-13-14-24-56-44)26-34(28-36)52-58-45-31-39-38(51(45)61-52)17-15-19-41(39)54(4,5)6/h9-30,32,45,51H,31H2,1-8H3/t45-,51+/m1/s1. The number of nitrogens with zero attached hydrogens (tertiary/aromatic N) is 5. The molecule has 5 heterocycles. The number of hydrogen-bond donors (Lipinski definition) is 0. The molecule has 3 aliphatic rings. The van der Waals surface area contributed by atoms with Crippen LogP contribution in [0.3, 0.4) is 0 Å². The van der Waals surface area contributed by atoms with E-state index in [-0.39, 0.29) is 22.3 Å². The molecule has 0 saturated carbocycles. The van der Waals surface area contributed by atoms with Crippen molar-refractivity contribution in [2.45, 2.75) is 89.3 Å². The summed E-state index contributed by atoms with van der Waals surface area (Å²) in [5.41, 5.74) is 16.9. The molecule has 11 rings (SSSR count). The molecule has 0 N–H and O–H groups in total. The zero-order valence-electron chi connectivity index (χ0n) is 36.3. The Kier molecular flexibility index (Phi) is 8.41. The molecule has 5 nitrogen and oxygen atoms in total. The molecule has 6 heteroatoms. The molecule has 0 saturated heterocycles. The summed E-state index contributed by atoms with van der Waals surface area (Å²) in [6.45, 7) is 18.5. The van der Waals surface area contributed by atoms with Crippen molar-refractivity contribution in [1.29, 1.82) is 0 Å². The van der Waals surface area contributed by atoms with Crippen molar-refractivity contribution >= 4 is 55.7 Å². The number of anilines is 3. The van der Waals surface area contributed by atoms with Gasteiger partial charge in [0.2, 0.25) is 0 Å². The number of fused-ring (bicyclic) bond motifs is 8. The summed E-state index contributed by atoms with van der Waals surface area (Å²) >= 11 is 1.93. The van der Waals surface area contributed by atoms with Crippen LogP contribution in [0, 0.1) is 0 Å². The third-order valence-electron chi connectivity index (χ3n) is 13.4. The van der Waals surface area contributed by atoms with Gasteiger partial charge in [-0.3, -0.25) is 14.5 Å². The first kappa shape index (κ1) is 38.0. The average molecular weight is 814 g/mol. The van der Waals surface area contributed by atoms with Crippen LogP contribution < -0.4 is 4.90 Å². The van der Waals surface area contributed by atoms with E-state index in [1.165, 1.54) is 49.8 Å². The van der Waals surface area contributed by atoms with Gasteiger partial charge in [-0.15, -0.1) is 0 Å². The van der Waals surface area contributed by atoms with E-state index in [0.717, 1.165) is 56.5 Å². The molecule has 3 aromatic heterocycles. The molecule has 2 aliphatic heterocycles. The quantitative estimate of drug-likeness (QED) is 0.178. The molecule has 0 unspecified atom stereocenters. The Morgan fingerprint density at radius 3 is 2.23 bits per heavy atom. The van der Waals surface area contributed by atoms with Gasteiger partial charge in [-0.25, -0.2) is 4.98 Å². The predicted molar refractivity (Wildman–Crippen MR) is 257 cm³/mol. The fourth-order valence-corrected chi connectivity index (χ4v) is 11.6. The minimum absolute atomic E-state index is 0.0181. The molecule has 0 bridgehead atoms. The number of hydrogen-bond acceptors (Lipinski definition) is 5. The lowest BCUT2D eigenvalue weighted by Crippen LogP contribution is -2.30. The lowest BCUT2D eigenvalue weighted by Gasteiger charge is -2.42. The van der Waals surface area contributed by atoms with E-state index in [1.807, 2.05) is 30.2 Å². The highest BCUT2D eigenvalue weighted by Gasteiger charge is 2.42. The highest BCUT2D eigenvalue weighted by Crippen LogP contribution is 2.55. The average Bonchev–Trinajstić information content (AvgIpc) is 3.92. The molecule has 61 heavy (non-hydrogen) atoms. The third kappa shape index (κ3) is 6.01. The number of pyridine rings is 2. The van der Waals surface area contributed by atoms with Gasteiger partial charge >= 0.3 is 0 Å². The second kappa shape index (κ2) is 13.5. The minimum Gasteiger partial charge on any atom is -0.310 e. The molecular weight excluding hydrogens is 763 g/mol. The van der Waals surface area contributed by atoms with Gasteiger partial charge in [-0.05, 0) is 117 Å². The van der Waals surface area contributed by atoms with Crippen LogP contribution in [0.25, 0.3) is 38.9 Å². The fourth-order valence-electron chi connectivity index (χ4n) is 10.3. The molecule has 1 aliphatic carbocycles. The van der Waals surface area contributed by atoms with Crippen LogP contribution in [0.2, 0.25) is 0 Å². The monoisotopic (exact) mass is 813 g/mol. The summed E-state index contributed by atoms with van der Waals surface area (Å²) in [4.78, 5) is 18.0. The summed E-state index contributed by atoms with van der Waals surface area (Å²) in [6, 6.07) is 47.4.